The Morgan fingerprint density at radius 1 is 1.30 bits per heavy atom. The van der Waals surface area contributed by atoms with Crippen LogP contribution in [0.2, 0.25) is 5.02 Å². The Morgan fingerprint density at radius 2 is 2.04 bits per heavy atom. The predicted molar refractivity (Wildman–Crippen MR) is 91.7 cm³/mol. The van der Waals surface area contributed by atoms with Gasteiger partial charge in [-0.1, -0.05) is 36.7 Å². The lowest BCUT2D eigenvalue weighted by molar-refractivity contribution is 0.0923. The summed E-state index contributed by atoms with van der Waals surface area (Å²) in [4.78, 5) is 12.3. The average molecular weight is 332 g/mol. The number of amides is 1. The monoisotopic (exact) mass is 331 g/mol. The Morgan fingerprint density at radius 3 is 2.78 bits per heavy atom. The number of rotatable bonds is 4. The standard InChI is InChI=1S/C18H22ClN3O/c1-13-6-8-16(9-7-13)21-18(23)15-10-20-22(12-15)11-14-4-2-3-5-17(14)19/h2-5,10,12-13,16H,6-9,11H2,1H3,(H,21,23). The van der Waals surface area contributed by atoms with Crippen LogP contribution in [0.15, 0.2) is 36.7 Å². The summed E-state index contributed by atoms with van der Waals surface area (Å²) in [6.07, 6.45) is 7.93. The molecule has 5 heteroatoms. The number of carbonyl (C=O) groups excluding carboxylic acids is 1. The Labute approximate surface area is 141 Å². The number of hydrogen-bond donors (Lipinski definition) is 1. The number of halogens is 1. The fraction of sp³-hybridized carbons (Fsp3) is 0.444. The van der Waals surface area contributed by atoms with Gasteiger partial charge >= 0.3 is 0 Å². The summed E-state index contributed by atoms with van der Waals surface area (Å²) in [5, 5.41) is 8.12. The SMILES string of the molecule is CC1CCC(NC(=O)c2cnn(Cc3ccccc3Cl)c2)CC1. The van der Waals surface area contributed by atoms with E-state index in [4.69, 9.17) is 11.6 Å². The molecular weight excluding hydrogens is 310 g/mol. The van der Waals surface area contributed by atoms with Crippen molar-refractivity contribution in [3.05, 3.63) is 52.8 Å². The maximum Gasteiger partial charge on any atom is 0.254 e. The van der Waals surface area contributed by atoms with Crippen molar-refractivity contribution in [3.63, 3.8) is 0 Å². The van der Waals surface area contributed by atoms with Crippen molar-refractivity contribution < 1.29 is 4.79 Å². The zero-order valence-electron chi connectivity index (χ0n) is 13.3. The molecule has 0 atom stereocenters. The molecule has 1 aliphatic carbocycles. The van der Waals surface area contributed by atoms with E-state index in [1.807, 2.05) is 24.3 Å². The first-order valence-electron chi connectivity index (χ1n) is 8.18. The van der Waals surface area contributed by atoms with Gasteiger partial charge in [0.05, 0.1) is 18.3 Å². The van der Waals surface area contributed by atoms with Gasteiger partial charge in [-0.3, -0.25) is 9.48 Å². The molecular formula is C18H22ClN3O. The van der Waals surface area contributed by atoms with Gasteiger partial charge in [-0.15, -0.1) is 0 Å². The fourth-order valence-electron chi connectivity index (χ4n) is 3.04. The van der Waals surface area contributed by atoms with E-state index in [2.05, 4.69) is 17.3 Å². The first-order valence-corrected chi connectivity index (χ1v) is 8.56. The molecule has 0 radical (unpaired) electrons. The quantitative estimate of drug-likeness (QED) is 0.923. The third-order valence-corrected chi connectivity index (χ3v) is 4.91. The average Bonchev–Trinajstić information content (AvgIpc) is 3.01. The summed E-state index contributed by atoms with van der Waals surface area (Å²) < 4.78 is 1.75. The molecule has 0 spiro atoms. The zero-order chi connectivity index (χ0) is 16.2. The van der Waals surface area contributed by atoms with Crippen LogP contribution in [-0.2, 0) is 6.54 Å². The highest BCUT2D eigenvalue weighted by atomic mass is 35.5. The number of benzene rings is 1. The van der Waals surface area contributed by atoms with Crippen LogP contribution in [0.5, 0.6) is 0 Å². The van der Waals surface area contributed by atoms with Crippen molar-refractivity contribution in [1.29, 1.82) is 0 Å². The molecule has 1 heterocycles. The van der Waals surface area contributed by atoms with Crippen LogP contribution in [0, 0.1) is 5.92 Å². The van der Waals surface area contributed by atoms with Gasteiger partial charge in [0.2, 0.25) is 0 Å². The van der Waals surface area contributed by atoms with Gasteiger partial charge in [-0.2, -0.15) is 5.10 Å². The fourth-order valence-corrected chi connectivity index (χ4v) is 3.24. The zero-order valence-corrected chi connectivity index (χ0v) is 14.1. The molecule has 122 valence electrons. The van der Waals surface area contributed by atoms with E-state index >= 15 is 0 Å². The van der Waals surface area contributed by atoms with Crippen molar-refractivity contribution in [2.45, 2.75) is 45.2 Å². The van der Waals surface area contributed by atoms with Gasteiger partial charge in [0.1, 0.15) is 0 Å². The molecule has 1 amide bonds. The van der Waals surface area contributed by atoms with E-state index in [1.54, 1.807) is 17.1 Å². The van der Waals surface area contributed by atoms with E-state index in [0.717, 1.165) is 24.3 Å². The van der Waals surface area contributed by atoms with Gasteiger partial charge < -0.3 is 5.32 Å². The second-order valence-electron chi connectivity index (χ2n) is 6.45. The van der Waals surface area contributed by atoms with Crippen molar-refractivity contribution in [1.82, 2.24) is 15.1 Å². The summed E-state index contributed by atoms with van der Waals surface area (Å²) in [6, 6.07) is 7.97. The van der Waals surface area contributed by atoms with Crippen molar-refractivity contribution in [2.75, 3.05) is 0 Å². The molecule has 1 saturated carbocycles. The van der Waals surface area contributed by atoms with Gasteiger partial charge in [0.15, 0.2) is 0 Å². The molecule has 1 fully saturated rings. The minimum atomic E-state index is -0.0324. The van der Waals surface area contributed by atoms with E-state index in [1.165, 1.54) is 12.8 Å². The van der Waals surface area contributed by atoms with Crippen molar-refractivity contribution in [2.24, 2.45) is 5.92 Å². The topological polar surface area (TPSA) is 46.9 Å². The number of hydrogen-bond acceptors (Lipinski definition) is 2. The molecule has 3 rings (SSSR count). The van der Waals surface area contributed by atoms with Crippen LogP contribution in [0.3, 0.4) is 0 Å². The molecule has 4 nitrogen and oxygen atoms in total. The molecule has 0 bridgehead atoms. The maximum atomic E-state index is 12.3. The normalized spacial score (nSPS) is 21.1. The van der Waals surface area contributed by atoms with Crippen LogP contribution in [-0.4, -0.2) is 21.7 Å². The largest absolute Gasteiger partial charge is 0.349 e. The molecule has 1 aromatic carbocycles. The number of carbonyl (C=O) groups is 1. The van der Waals surface area contributed by atoms with Crippen molar-refractivity contribution in [3.8, 4) is 0 Å². The smallest absolute Gasteiger partial charge is 0.254 e. The summed E-state index contributed by atoms with van der Waals surface area (Å²) in [5.74, 6) is 0.747. The molecule has 2 aromatic rings. The predicted octanol–water partition coefficient (Wildman–Crippen LogP) is 3.89. The third kappa shape index (κ3) is 4.14. The number of nitrogens with zero attached hydrogens (tertiary/aromatic N) is 2. The second kappa shape index (κ2) is 7.18. The summed E-state index contributed by atoms with van der Waals surface area (Å²) >= 11 is 6.16. The van der Waals surface area contributed by atoms with Crippen LogP contribution in [0.4, 0.5) is 0 Å². The van der Waals surface area contributed by atoms with Gasteiger partial charge in [-0.25, -0.2) is 0 Å². The first kappa shape index (κ1) is 16.1. The maximum absolute atomic E-state index is 12.3. The van der Waals surface area contributed by atoms with Crippen molar-refractivity contribution >= 4 is 17.5 Å². The Bertz CT molecular complexity index is 674. The summed E-state index contributed by atoms with van der Waals surface area (Å²) in [7, 11) is 0. The van der Waals surface area contributed by atoms with Gasteiger partial charge in [0.25, 0.3) is 5.91 Å². The minimum absolute atomic E-state index is 0.0324. The molecule has 1 aliphatic rings. The summed E-state index contributed by atoms with van der Waals surface area (Å²) in [6.45, 7) is 2.84. The summed E-state index contributed by atoms with van der Waals surface area (Å²) in [5.41, 5.74) is 1.60. The van der Waals surface area contributed by atoms with Crippen LogP contribution in [0.1, 0.15) is 48.5 Å². The van der Waals surface area contributed by atoms with Crippen LogP contribution < -0.4 is 5.32 Å². The van der Waals surface area contributed by atoms with E-state index in [9.17, 15) is 4.79 Å². The third-order valence-electron chi connectivity index (χ3n) is 4.54. The Hall–Kier alpha value is -1.81. The lowest BCUT2D eigenvalue weighted by atomic mass is 9.87. The lowest BCUT2D eigenvalue weighted by Gasteiger charge is -2.26. The molecule has 23 heavy (non-hydrogen) atoms. The molecule has 1 N–H and O–H groups in total. The number of aromatic nitrogens is 2. The lowest BCUT2D eigenvalue weighted by Crippen LogP contribution is -2.37. The highest BCUT2D eigenvalue weighted by Crippen LogP contribution is 2.23. The van der Waals surface area contributed by atoms with Crippen LogP contribution >= 0.6 is 11.6 Å². The minimum Gasteiger partial charge on any atom is -0.349 e. The molecule has 0 saturated heterocycles. The van der Waals surface area contributed by atoms with Gasteiger partial charge in [-0.05, 0) is 43.2 Å². The highest BCUT2D eigenvalue weighted by Gasteiger charge is 2.20. The van der Waals surface area contributed by atoms with E-state index in [-0.39, 0.29) is 5.91 Å². The van der Waals surface area contributed by atoms with E-state index < -0.39 is 0 Å². The molecule has 0 aliphatic heterocycles. The second-order valence-corrected chi connectivity index (χ2v) is 6.86. The van der Waals surface area contributed by atoms with Crippen LogP contribution in [0.25, 0.3) is 0 Å². The van der Waals surface area contributed by atoms with E-state index in [0.29, 0.717) is 23.2 Å². The highest BCUT2D eigenvalue weighted by molar-refractivity contribution is 6.31. The first-order chi connectivity index (χ1) is 11.1. The Balaban J connectivity index is 1.60. The number of nitrogens with one attached hydrogen (secondary N) is 1. The van der Waals surface area contributed by atoms with Gasteiger partial charge in [0, 0.05) is 17.3 Å². The Kier molecular flexibility index (Phi) is 5.01. The molecule has 0 unspecified atom stereocenters. The molecule has 1 aromatic heterocycles.